The molecule has 2 aromatic carbocycles. The summed E-state index contributed by atoms with van der Waals surface area (Å²) in [6.07, 6.45) is 0. The van der Waals surface area contributed by atoms with Crippen LogP contribution in [-0.2, 0) is 0 Å². The fourth-order valence-electron chi connectivity index (χ4n) is 1.97. The van der Waals surface area contributed by atoms with E-state index in [1.165, 1.54) is 11.8 Å². The third-order valence-electron chi connectivity index (χ3n) is 3.21. The number of hydrogen-bond acceptors (Lipinski definition) is 5. The number of thioether (sulfide) groups is 1. The number of rotatable bonds is 5. The van der Waals surface area contributed by atoms with Crippen LogP contribution in [0.4, 0.5) is 0 Å². The number of hydrogen-bond donors (Lipinski definition) is 0. The number of halogens is 1. The van der Waals surface area contributed by atoms with Gasteiger partial charge in [-0.25, -0.2) is 0 Å². The summed E-state index contributed by atoms with van der Waals surface area (Å²) in [5.74, 6) is 0.563. The third kappa shape index (κ3) is 3.81. The van der Waals surface area contributed by atoms with Crippen molar-refractivity contribution in [2.24, 2.45) is 0 Å². The standard InChI is InChI=1S/C17H13ClN2O2S/c1-11-6-8-12(9-7-11)16-19-20-17(22-16)23-10-15(21)13-4-2-3-5-14(13)18/h2-9H,10H2,1H3. The van der Waals surface area contributed by atoms with E-state index in [1.54, 1.807) is 24.3 Å². The summed E-state index contributed by atoms with van der Waals surface area (Å²) in [6.45, 7) is 2.01. The van der Waals surface area contributed by atoms with E-state index >= 15 is 0 Å². The van der Waals surface area contributed by atoms with Gasteiger partial charge in [-0.15, -0.1) is 10.2 Å². The van der Waals surface area contributed by atoms with Crippen LogP contribution in [0.15, 0.2) is 58.2 Å². The molecular formula is C17H13ClN2O2S. The lowest BCUT2D eigenvalue weighted by atomic mass is 10.1. The first-order valence-electron chi connectivity index (χ1n) is 6.94. The zero-order valence-electron chi connectivity index (χ0n) is 12.3. The molecule has 0 unspecified atom stereocenters. The lowest BCUT2D eigenvalue weighted by Gasteiger charge is -2.01. The molecule has 0 spiro atoms. The Labute approximate surface area is 142 Å². The number of nitrogens with zero attached hydrogens (tertiary/aromatic N) is 2. The van der Waals surface area contributed by atoms with Crippen molar-refractivity contribution >= 4 is 29.1 Å². The van der Waals surface area contributed by atoms with Gasteiger partial charge in [-0.1, -0.05) is 53.2 Å². The second-order valence-corrected chi connectivity index (χ2v) is 6.26. The van der Waals surface area contributed by atoms with E-state index in [1.807, 2.05) is 31.2 Å². The van der Waals surface area contributed by atoms with Crippen LogP contribution in [0.3, 0.4) is 0 Å². The van der Waals surface area contributed by atoms with E-state index in [4.69, 9.17) is 16.0 Å². The Kier molecular flexibility index (Phi) is 4.79. The number of carbonyl (C=O) groups excluding carboxylic acids is 1. The molecule has 0 fully saturated rings. The number of ketones is 1. The van der Waals surface area contributed by atoms with Crippen LogP contribution in [0.1, 0.15) is 15.9 Å². The predicted octanol–water partition coefficient (Wildman–Crippen LogP) is 4.67. The molecule has 4 nitrogen and oxygen atoms in total. The Morgan fingerprint density at radius 2 is 1.87 bits per heavy atom. The highest BCUT2D eigenvalue weighted by Gasteiger charge is 2.14. The maximum absolute atomic E-state index is 12.2. The summed E-state index contributed by atoms with van der Waals surface area (Å²) in [6, 6.07) is 14.8. The second-order valence-electron chi connectivity index (χ2n) is 4.93. The van der Waals surface area contributed by atoms with Crippen molar-refractivity contribution < 1.29 is 9.21 Å². The third-order valence-corrected chi connectivity index (χ3v) is 4.35. The van der Waals surface area contributed by atoms with Crippen LogP contribution in [0.25, 0.3) is 11.5 Å². The summed E-state index contributed by atoms with van der Waals surface area (Å²) >= 11 is 7.22. The molecule has 3 rings (SSSR count). The van der Waals surface area contributed by atoms with E-state index in [9.17, 15) is 4.79 Å². The lowest BCUT2D eigenvalue weighted by molar-refractivity contribution is 0.102. The highest BCUT2D eigenvalue weighted by molar-refractivity contribution is 7.99. The van der Waals surface area contributed by atoms with Crippen molar-refractivity contribution in [3.8, 4) is 11.5 Å². The number of aryl methyl sites for hydroxylation is 1. The Morgan fingerprint density at radius 1 is 1.13 bits per heavy atom. The van der Waals surface area contributed by atoms with Crippen LogP contribution in [-0.4, -0.2) is 21.7 Å². The smallest absolute Gasteiger partial charge is 0.277 e. The summed E-state index contributed by atoms with van der Waals surface area (Å²) in [5, 5.41) is 8.78. The Morgan fingerprint density at radius 3 is 2.61 bits per heavy atom. The van der Waals surface area contributed by atoms with Gasteiger partial charge in [0.15, 0.2) is 5.78 Å². The molecule has 23 heavy (non-hydrogen) atoms. The molecule has 1 heterocycles. The van der Waals surface area contributed by atoms with Gasteiger partial charge in [-0.05, 0) is 31.2 Å². The average molecular weight is 345 g/mol. The minimum atomic E-state index is -0.0734. The van der Waals surface area contributed by atoms with Gasteiger partial charge >= 0.3 is 0 Å². The quantitative estimate of drug-likeness (QED) is 0.497. The van der Waals surface area contributed by atoms with Gasteiger partial charge in [-0.3, -0.25) is 4.79 Å². The van der Waals surface area contributed by atoms with E-state index < -0.39 is 0 Å². The van der Waals surface area contributed by atoms with E-state index in [2.05, 4.69) is 10.2 Å². The van der Waals surface area contributed by atoms with Crippen LogP contribution >= 0.6 is 23.4 Å². The molecule has 0 saturated carbocycles. The predicted molar refractivity (Wildman–Crippen MR) is 91.0 cm³/mol. The van der Waals surface area contributed by atoms with Crippen LogP contribution in [0.2, 0.25) is 5.02 Å². The normalized spacial score (nSPS) is 10.7. The molecule has 6 heteroatoms. The van der Waals surface area contributed by atoms with Gasteiger partial charge in [-0.2, -0.15) is 0 Å². The molecule has 0 radical (unpaired) electrons. The molecule has 0 saturated heterocycles. The SMILES string of the molecule is Cc1ccc(-c2nnc(SCC(=O)c3ccccc3Cl)o2)cc1. The van der Waals surface area contributed by atoms with E-state index in [-0.39, 0.29) is 11.5 Å². The highest BCUT2D eigenvalue weighted by atomic mass is 35.5. The summed E-state index contributed by atoms with van der Waals surface area (Å²) in [4.78, 5) is 12.2. The van der Waals surface area contributed by atoms with Gasteiger partial charge in [0.1, 0.15) is 0 Å². The number of Topliss-reactive ketones (excluding diaryl/α,β-unsaturated/α-hetero) is 1. The first kappa shape index (κ1) is 15.8. The van der Waals surface area contributed by atoms with E-state index in [0.29, 0.717) is 21.7 Å². The molecule has 1 aromatic heterocycles. The van der Waals surface area contributed by atoms with E-state index in [0.717, 1.165) is 11.1 Å². The molecule has 0 amide bonds. The molecule has 0 N–H and O–H groups in total. The summed E-state index contributed by atoms with van der Waals surface area (Å²) in [5.41, 5.74) is 2.51. The Bertz CT molecular complexity index is 831. The fourth-order valence-corrected chi connectivity index (χ4v) is 2.86. The molecule has 0 atom stereocenters. The van der Waals surface area contributed by atoms with Gasteiger partial charge in [0.2, 0.25) is 5.89 Å². The van der Waals surface area contributed by atoms with Crippen molar-refractivity contribution in [2.75, 3.05) is 5.75 Å². The van der Waals surface area contributed by atoms with Crippen molar-refractivity contribution in [3.05, 3.63) is 64.7 Å². The molecular weight excluding hydrogens is 332 g/mol. The first-order chi connectivity index (χ1) is 11.1. The van der Waals surface area contributed by atoms with Crippen molar-refractivity contribution in [1.29, 1.82) is 0 Å². The highest BCUT2D eigenvalue weighted by Crippen LogP contribution is 2.25. The molecule has 3 aromatic rings. The Balaban J connectivity index is 1.67. The largest absolute Gasteiger partial charge is 0.411 e. The molecule has 0 aliphatic carbocycles. The van der Waals surface area contributed by atoms with Crippen LogP contribution in [0, 0.1) is 6.92 Å². The van der Waals surface area contributed by atoms with Gasteiger partial charge < -0.3 is 4.42 Å². The van der Waals surface area contributed by atoms with Gasteiger partial charge in [0, 0.05) is 11.1 Å². The summed E-state index contributed by atoms with van der Waals surface area (Å²) in [7, 11) is 0. The monoisotopic (exact) mass is 344 g/mol. The molecule has 0 aliphatic heterocycles. The maximum atomic E-state index is 12.2. The molecule has 0 aliphatic rings. The number of benzene rings is 2. The minimum absolute atomic E-state index is 0.0734. The molecule has 0 bridgehead atoms. The molecule has 116 valence electrons. The Hall–Kier alpha value is -2.11. The first-order valence-corrected chi connectivity index (χ1v) is 8.31. The minimum Gasteiger partial charge on any atom is -0.411 e. The number of aromatic nitrogens is 2. The zero-order valence-corrected chi connectivity index (χ0v) is 13.9. The van der Waals surface area contributed by atoms with Crippen molar-refractivity contribution in [2.45, 2.75) is 12.1 Å². The van der Waals surface area contributed by atoms with Crippen LogP contribution < -0.4 is 0 Å². The second kappa shape index (κ2) is 6.98. The van der Waals surface area contributed by atoms with Crippen LogP contribution in [0.5, 0.6) is 0 Å². The van der Waals surface area contributed by atoms with Crippen molar-refractivity contribution in [1.82, 2.24) is 10.2 Å². The zero-order chi connectivity index (χ0) is 16.2. The maximum Gasteiger partial charge on any atom is 0.277 e. The topological polar surface area (TPSA) is 56.0 Å². The summed E-state index contributed by atoms with van der Waals surface area (Å²) < 4.78 is 5.58. The van der Waals surface area contributed by atoms with Crippen molar-refractivity contribution in [3.63, 3.8) is 0 Å². The van der Waals surface area contributed by atoms with Gasteiger partial charge in [0.05, 0.1) is 10.8 Å². The van der Waals surface area contributed by atoms with Gasteiger partial charge in [0.25, 0.3) is 5.22 Å². The number of carbonyl (C=O) groups is 1. The lowest BCUT2D eigenvalue weighted by Crippen LogP contribution is -2.02. The average Bonchev–Trinajstić information content (AvgIpc) is 3.03. The fraction of sp³-hybridized carbons (Fsp3) is 0.118.